The van der Waals surface area contributed by atoms with Crippen molar-refractivity contribution in [3.63, 3.8) is 0 Å². The number of nitro groups is 1. The van der Waals surface area contributed by atoms with Crippen LogP contribution in [0, 0.1) is 10.1 Å². The van der Waals surface area contributed by atoms with Crippen molar-refractivity contribution in [3.05, 3.63) is 46.5 Å². The molecule has 0 aliphatic rings. The van der Waals surface area contributed by atoms with Crippen molar-refractivity contribution in [2.75, 3.05) is 12.4 Å². The number of Topliss-reactive ketones (excluding diaryl/α,β-unsaturated/α-hetero) is 1. The van der Waals surface area contributed by atoms with E-state index in [1.807, 2.05) is 0 Å². The number of ether oxygens (including phenoxy) is 1. The predicted molar refractivity (Wildman–Crippen MR) is 104 cm³/mol. The third-order valence-electron chi connectivity index (χ3n) is 3.60. The number of anilines is 1. The first-order chi connectivity index (χ1) is 14.0. The molecule has 158 valence electrons. The molecule has 0 saturated carbocycles. The van der Waals surface area contributed by atoms with Crippen molar-refractivity contribution in [2.45, 2.75) is 18.2 Å². The zero-order valence-electron chi connectivity index (χ0n) is 15.7. The fourth-order valence-corrected chi connectivity index (χ4v) is 2.96. The third kappa shape index (κ3) is 5.65. The molecule has 0 bridgehead atoms. The zero-order chi connectivity index (χ0) is 22.5. The smallest absolute Gasteiger partial charge is 0.298 e. The summed E-state index contributed by atoms with van der Waals surface area (Å²) in [5, 5.41) is 21.1. The maximum atomic E-state index is 11.9. The van der Waals surface area contributed by atoms with Crippen molar-refractivity contribution >= 4 is 44.6 Å². The summed E-state index contributed by atoms with van der Waals surface area (Å²) in [6.07, 6.45) is -0.389. The molecule has 30 heavy (non-hydrogen) atoms. The van der Waals surface area contributed by atoms with Gasteiger partial charge in [-0.3, -0.25) is 24.3 Å². The van der Waals surface area contributed by atoms with E-state index >= 15 is 0 Å². The van der Waals surface area contributed by atoms with Gasteiger partial charge in [-0.25, -0.2) is 0 Å². The minimum atomic E-state index is -4.84. The fourth-order valence-electron chi connectivity index (χ4n) is 2.32. The number of carbonyl (C=O) groups is 2. The molecule has 1 amide bonds. The van der Waals surface area contributed by atoms with Crippen LogP contribution in [-0.4, -0.2) is 36.7 Å². The molecular formula is C17H16N4O8S. The highest BCUT2D eigenvalue weighted by Gasteiger charge is 2.25. The lowest BCUT2D eigenvalue weighted by molar-refractivity contribution is -0.384. The average Bonchev–Trinajstić information content (AvgIpc) is 2.65. The number of hydrogen-bond acceptors (Lipinski definition) is 9. The first kappa shape index (κ1) is 22.6. The number of carbonyl (C=O) groups excluding carboxylic acids is 2. The summed E-state index contributed by atoms with van der Waals surface area (Å²) in [7, 11) is -3.48. The number of azo groups is 1. The molecule has 0 fully saturated rings. The molecule has 0 aliphatic heterocycles. The second-order valence-corrected chi connectivity index (χ2v) is 7.26. The first-order valence-electron chi connectivity index (χ1n) is 8.17. The van der Waals surface area contributed by atoms with E-state index < -0.39 is 37.2 Å². The lowest BCUT2D eigenvalue weighted by atomic mass is 10.2. The summed E-state index contributed by atoms with van der Waals surface area (Å²) in [5.74, 6) is -0.707. The normalized spacial score (nSPS) is 11.3. The highest BCUT2D eigenvalue weighted by molar-refractivity contribution is 7.86. The third-order valence-corrected chi connectivity index (χ3v) is 4.48. The Hall–Kier alpha value is -3.71. The van der Waals surface area contributed by atoms with Gasteiger partial charge in [-0.05, 0) is 25.1 Å². The Morgan fingerprint density at radius 1 is 1.23 bits per heavy atom. The Bertz CT molecular complexity index is 1140. The van der Waals surface area contributed by atoms with Crippen molar-refractivity contribution in [1.29, 1.82) is 0 Å². The molecule has 12 nitrogen and oxygen atoms in total. The summed E-state index contributed by atoms with van der Waals surface area (Å²) in [5.41, 5.74) is -1.35. The minimum Gasteiger partial charge on any atom is -0.497 e. The van der Waals surface area contributed by atoms with Crippen LogP contribution in [0.3, 0.4) is 0 Å². The van der Waals surface area contributed by atoms with Crippen molar-refractivity contribution < 1.29 is 32.2 Å². The zero-order valence-corrected chi connectivity index (χ0v) is 16.5. The van der Waals surface area contributed by atoms with Crippen molar-refractivity contribution in [1.82, 2.24) is 0 Å². The van der Waals surface area contributed by atoms with Gasteiger partial charge < -0.3 is 10.1 Å². The number of hydrogen-bond donors (Lipinski definition) is 2. The number of rotatable bonds is 8. The molecule has 0 radical (unpaired) electrons. The number of ketones is 1. The predicted octanol–water partition coefficient (Wildman–Crippen LogP) is 3.18. The molecule has 0 spiro atoms. The van der Waals surface area contributed by atoms with E-state index in [2.05, 4.69) is 15.5 Å². The first-order valence-corrected chi connectivity index (χ1v) is 9.61. The van der Waals surface area contributed by atoms with Crippen LogP contribution in [0.2, 0.25) is 0 Å². The van der Waals surface area contributed by atoms with Gasteiger partial charge in [0.1, 0.15) is 22.1 Å². The van der Waals surface area contributed by atoms with E-state index in [0.29, 0.717) is 5.75 Å². The van der Waals surface area contributed by atoms with Gasteiger partial charge in [0.05, 0.1) is 24.1 Å². The van der Waals surface area contributed by atoms with Crippen LogP contribution in [0.5, 0.6) is 5.75 Å². The number of methoxy groups -OCH3 is 1. The summed E-state index contributed by atoms with van der Waals surface area (Å²) >= 11 is 0. The lowest BCUT2D eigenvalue weighted by Gasteiger charge is -2.09. The molecule has 0 aromatic heterocycles. The largest absolute Gasteiger partial charge is 0.497 e. The Morgan fingerprint density at radius 3 is 2.50 bits per heavy atom. The van der Waals surface area contributed by atoms with Crippen LogP contribution >= 0.6 is 0 Å². The molecule has 2 aromatic carbocycles. The second-order valence-electron chi connectivity index (χ2n) is 5.87. The molecule has 2 rings (SSSR count). The van der Waals surface area contributed by atoms with Gasteiger partial charge in [-0.15, -0.1) is 10.2 Å². The van der Waals surface area contributed by atoms with Gasteiger partial charge in [0, 0.05) is 12.1 Å². The van der Waals surface area contributed by atoms with Gasteiger partial charge >= 0.3 is 0 Å². The topological polar surface area (TPSA) is 178 Å². The Morgan fingerprint density at radius 2 is 1.93 bits per heavy atom. The van der Waals surface area contributed by atoms with E-state index in [0.717, 1.165) is 18.2 Å². The minimum absolute atomic E-state index is 0.0364. The van der Waals surface area contributed by atoms with Crippen LogP contribution in [0.4, 0.5) is 22.7 Å². The quantitative estimate of drug-likeness (QED) is 0.208. The monoisotopic (exact) mass is 436 g/mol. The highest BCUT2D eigenvalue weighted by Crippen LogP contribution is 2.37. The summed E-state index contributed by atoms with van der Waals surface area (Å²) in [6.45, 7) is 1.24. The van der Waals surface area contributed by atoms with Crippen molar-refractivity contribution in [2.24, 2.45) is 10.2 Å². The standard InChI is InChI=1S/C17H16N4O8S/c1-10(22)8-16(23)18-12-7-6-11(29-2)9-13(12)19-20-17-14(21(24)25)4-3-5-15(17)30(26,27)28/h3-7,9H,8H2,1-2H3,(H,18,23)(H,26,27,28). The number of nitrogens with zero attached hydrogens (tertiary/aromatic N) is 3. The molecule has 0 saturated heterocycles. The van der Waals surface area contributed by atoms with Crippen LogP contribution in [-0.2, 0) is 19.7 Å². The van der Waals surface area contributed by atoms with Crippen LogP contribution in [0.25, 0.3) is 0 Å². The van der Waals surface area contributed by atoms with E-state index in [4.69, 9.17) is 4.74 Å². The van der Waals surface area contributed by atoms with E-state index in [1.54, 1.807) is 0 Å². The van der Waals surface area contributed by atoms with Gasteiger partial charge in [0.25, 0.3) is 15.8 Å². The van der Waals surface area contributed by atoms with Gasteiger partial charge in [-0.2, -0.15) is 8.42 Å². The summed E-state index contributed by atoms with van der Waals surface area (Å²) < 4.78 is 37.6. The highest BCUT2D eigenvalue weighted by atomic mass is 32.2. The van der Waals surface area contributed by atoms with Crippen LogP contribution < -0.4 is 10.1 Å². The molecule has 0 unspecified atom stereocenters. The Kier molecular flexibility index (Phi) is 6.92. The lowest BCUT2D eigenvalue weighted by Crippen LogP contribution is -2.14. The van der Waals surface area contributed by atoms with Gasteiger partial charge in [0.2, 0.25) is 5.91 Å². The Labute approximate surface area is 170 Å². The summed E-state index contributed by atoms with van der Waals surface area (Å²) in [4.78, 5) is 32.5. The maximum Gasteiger partial charge on any atom is 0.298 e. The molecule has 0 heterocycles. The molecule has 2 N–H and O–H groups in total. The molecule has 13 heteroatoms. The SMILES string of the molecule is COc1ccc(NC(=O)CC(C)=O)c(N=Nc2c([N+](=O)[O-])cccc2S(=O)(=O)O)c1. The number of nitro benzene ring substituents is 1. The number of benzene rings is 2. The fraction of sp³-hybridized carbons (Fsp3) is 0.176. The van der Waals surface area contributed by atoms with Crippen LogP contribution in [0.15, 0.2) is 51.5 Å². The maximum absolute atomic E-state index is 11.9. The van der Waals surface area contributed by atoms with E-state index in [-0.39, 0.29) is 23.6 Å². The van der Waals surface area contributed by atoms with E-state index in [9.17, 15) is 32.7 Å². The van der Waals surface area contributed by atoms with Gasteiger partial charge in [0.15, 0.2) is 5.69 Å². The molecule has 0 aliphatic carbocycles. The molecule has 0 atom stereocenters. The number of amides is 1. The van der Waals surface area contributed by atoms with Crippen molar-refractivity contribution in [3.8, 4) is 5.75 Å². The second kappa shape index (κ2) is 9.19. The van der Waals surface area contributed by atoms with E-state index in [1.165, 1.54) is 32.2 Å². The van der Waals surface area contributed by atoms with Gasteiger partial charge in [-0.1, -0.05) is 6.07 Å². The molecule has 2 aromatic rings. The Balaban J connectivity index is 2.58. The number of nitrogens with one attached hydrogen (secondary N) is 1. The van der Waals surface area contributed by atoms with Crippen LogP contribution in [0.1, 0.15) is 13.3 Å². The molecular weight excluding hydrogens is 420 g/mol. The average molecular weight is 436 g/mol. The summed E-state index contributed by atoms with van der Waals surface area (Å²) in [6, 6.07) is 7.20.